The van der Waals surface area contributed by atoms with Crippen molar-refractivity contribution in [2.45, 2.75) is 0 Å². The third-order valence-electron chi connectivity index (χ3n) is 3.15. The van der Waals surface area contributed by atoms with Gasteiger partial charge in [0.1, 0.15) is 5.15 Å². The molecule has 0 saturated heterocycles. The lowest BCUT2D eigenvalue weighted by atomic mass is 10.1. The lowest BCUT2D eigenvalue weighted by Crippen LogP contribution is -2.27. The first-order valence-electron chi connectivity index (χ1n) is 5.71. The van der Waals surface area contributed by atoms with Crippen molar-refractivity contribution >= 4 is 28.2 Å². The highest BCUT2D eigenvalue weighted by molar-refractivity contribution is 6.29. The highest BCUT2D eigenvalue weighted by atomic mass is 35.5. The van der Waals surface area contributed by atoms with Crippen molar-refractivity contribution in [3.8, 4) is 0 Å². The Balaban J connectivity index is 2.06. The van der Waals surface area contributed by atoms with Crippen molar-refractivity contribution in [1.82, 2.24) is 20.0 Å². The molecule has 0 aromatic carbocycles. The number of rotatable bonds is 1. The van der Waals surface area contributed by atoms with Crippen LogP contribution in [0.5, 0.6) is 0 Å². The Labute approximate surface area is 110 Å². The van der Waals surface area contributed by atoms with E-state index in [1.807, 2.05) is 32.4 Å². The molecule has 18 heavy (non-hydrogen) atoms. The van der Waals surface area contributed by atoms with Gasteiger partial charge in [-0.25, -0.2) is 9.99 Å². The van der Waals surface area contributed by atoms with E-state index in [2.05, 4.69) is 26.2 Å². The van der Waals surface area contributed by atoms with E-state index in [-0.39, 0.29) is 0 Å². The quantitative estimate of drug-likeness (QED) is 0.737. The Bertz CT molecular complexity index is 638. The van der Waals surface area contributed by atoms with E-state index >= 15 is 0 Å². The van der Waals surface area contributed by atoms with Gasteiger partial charge in [-0.1, -0.05) is 11.6 Å². The largest absolute Gasteiger partial charge is 0.316 e. The van der Waals surface area contributed by atoms with Gasteiger partial charge in [-0.15, -0.1) is 0 Å². The molecule has 0 aliphatic carbocycles. The summed E-state index contributed by atoms with van der Waals surface area (Å²) in [6, 6.07) is 5.68. The molecule has 0 fully saturated rings. The first kappa shape index (κ1) is 11.4. The molecule has 3 heterocycles. The highest BCUT2D eigenvalue weighted by Crippen LogP contribution is 2.24. The summed E-state index contributed by atoms with van der Waals surface area (Å²) in [5, 5.41) is 4.69. The molecular formula is C13H13ClN4. The van der Waals surface area contributed by atoms with Gasteiger partial charge in [0.15, 0.2) is 0 Å². The van der Waals surface area contributed by atoms with Crippen LogP contribution in [-0.2, 0) is 0 Å². The molecule has 0 saturated carbocycles. The molecule has 0 amide bonds. The van der Waals surface area contributed by atoms with Gasteiger partial charge in [-0.05, 0) is 23.8 Å². The lowest BCUT2D eigenvalue weighted by molar-refractivity contribution is 0.118. The van der Waals surface area contributed by atoms with Crippen LogP contribution in [0, 0.1) is 0 Å². The summed E-state index contributed by atoms with van der Waals surface area (Å²) in [4.78, 5) is 8.71. The maximum Gasteiger partial charge on any atom is 0.129 e. The van der Waals surface area contributed by atoms with Crippen molar-refractivity contribution in [1.29, 1.82) is 0 Å². The number of hydrogen-bond acceptors (Lipinski definition) is 4. The topological polar surface area (TPSA) is 32.3 Å². The first-order chi connectivity index (χ1) is 8.63. The normalized spacial score (nSPS) is 16.4. The molecule has 1 aliphatic rings. The van der Waals surface area contributed by atoms with Gasteiger partial charge >= 0.3 is 0 Å². The lowest BCUT2D eigenvalue weighted by Gasteiger charge is -2.18. The Morgan fingerprint density at radius 2 is 2.06 bits per heavy atom. The SMILES string of the molecule is CN1C=C(c2cnc3ccc(Cl)nc3c2)CN1C. The second-order valence-electron chi connectivity index (χ2n) is 4.44. The number of hydrogen-bond donors (Lipinski definition) is 0. The smallest absolute Gasteiger partial charge is 0.129 e. The summed E-state index contributed by atoms with van der Waals surface area (Å²) in [7, 11) is 4.07. The number of hydrazine groups is 1. The third-order valence-corrected chi connectivity index (χ3v) is 3.37. The average molecular weight is 261 g/mol. The average Bonchev–Trinajstić information content (AvgIpc) is 2.69. The minimum atomic E-state index is 0.496. The maximum absolute atomic E-state index is 5.91. The van der Waals surface area contributed by atoms with Crippen LogP contribution in [0.4, 0.5) is 0 Å². The zero-order valence-corrected chi connectivity index (χ0v) is 11.0. The molecule has 5 heteroatoms. The van der Waals surface area contributed by atoms with Crippen molar-refractivity contribution in [3.05, 3.63) is 41.3 Å². The molecule has 0 unspecified atom stereocenters. The minimum absolute atomic E-state index is 0.496. The van der Waals surface area contributed by atoms with E-state index in [0.717, 1.165) is 23.1 Å². The van der Waals surface area contributed by atoms with Crippen LogP contribution in [-0.4, -0.2) is 40.6 Å². The minimum Gasteiger partial charge on any atom is -0.316 e. The molecule has 4 nitrogen and oxygen atoms in total. The van der Waals surface area contributed by atoms with Gasteiger partial charge in [0.25, 0.3) is 0 Å². The van der Waals surface area contributed by atoms with Gasteiger partial charge in [0.2, 0.25) is 0 Å². The fourth-order valence-electron chi connectivity index (χ4n) is 2.05. The van der Waals surface area contributed by atoms with Crippen molar-refractivity contribution in [2.24, 2.45) is 0 Å². The standard InChI is InChI=1S/C13H13ClN4/c1-17-7-10(8-18(17)2)9-5-12-11(15-6-9)3-4-13(14)16-12/h3-7H,8H2,1-2H3. The summed E-state index contributed by atoms with van der Waals surface area (Å²) in [5.74, 6) is 0. The van der Waals surface area contributed by atoms with E-state index in [1.54, 1.807) is 6.07 Å². The van der Waals surface area contributed by atoms with Crippen LogP contribution < -0.4 is 0 Å². The second-order valence-corrected chi connectivity index (χ2v) is 4.83. The predicted octanol–water partition coefficient (Wildman–Crippen LogP) is 2.42. The van der Waals surface area contributed by atoms with E-state index < -0.39 is 0 Å². The monoisotopic (exact) mass is 260 g/mol. The number of halogens is 1. The fraction of sp³-hybridized carbons (Fsp3) is 0.231. The number of fused-ring (bicyclic) bond motifs is 1. The van der Waals surface area contributed by atoms with Crippen LogP contribution in [0.3, 0.4) is 0 Å². The van der Waals surface area contributed by atoms with Crippen LogP contribution in [0.25, 0.3) is 16.6 Å². The van der Waals surface area contributed by atoms with Crippen molar-refractivity contribution < 1.29 is 0 Å². The Hall–Kier alpha value is -1.65. The molecule has 0 N–H and O–H groups in total. The number of nitrogens with zero attached hydrogens (tertiary/aromatic N) is 4. The van der Waals surface area contributed by atoms with Crippen molar-refractivity contribution in [3.63, 3.8) is 0 Å². The Morgan fingerprint density at radius 3 is 2.78 bits per heavy atom. The molecule has 0 bridgehead atoms. The molecule has 2 aromatic heterocycles. The summed E-state index contributed by atoms with van der Waals surface area (Å²) in [6.07, 6.45) is 3.99. The molecule has 0 spiro atoms. The molecule has 1 aliphatic heterocycles. The molecule has 0 atom stereocenters. The summed E-state index contributed by atoms with van der Waals surface area (Å²) in [5.41, 5.74) is 4.02. The number of pyridine rings is 2. The molecule has 92 valence electrons. The predicted molar refractivity (Wildman–Crippen MR) is 72.9 cm³/mol. The van der Waals surface area contributed by atoms with Crippen LogP contribution in [0.1, 0.15) is 5.56 Å². The van der Waals surface area contributed by atoms with Gasteiger partial charge in [0.05, 0.1) is 11.0 Å². The molecule has 0 radical (unpaired) electrons. The summed E-state index contributed by atoms with van der Waals surface area (Å²) < 4.78 is 0. The van der Waals surface area contributed by atoms with E-state index in [9.17, 15) is 0 Å². The highest BCUT2D eigenvalue weighted by Gasteiger charge is 2.16. The van der Waals surface area contributed by atoms with Gasteiger partial charge in [-0.2, -0.15) is 0 Å². The molecular weight excluding hydrogens is 248 g/mol. The van der Waals surface area contributed by atoms with Crippen LogP contribution in [0.15, 0.2) is 30.6 Å². The number of likely N-dealkylation sites (N-methyl/N-ethyl adjacent to an activating group) is 1. The zero-order chi connectivity index (χ0) is 12.7. The zero-order valence-electron chi connectivity index (χ0n) is 10.3. The van der Waals surface area contributed by atoms with Gasteiger partial charge in [-0.3, -0.25) is 4.98 Å². The first-order valence-corrected chi connectivity index (χ1v) is 6.08. The van der Waals surface area contributed by atoms with Gasteiger partial charge < -0.3 is 5.01 Å². The van der Waals surface area contributed by atoms with E-state index in [0.29, 0.717) is 5.15 Å². The Morgan fingerprint density at radius 1 is 1.22 bits per heavy atom. The maximum atomic E-state index is 5.91. The van der Waals surface area contributed by atoms with Crippen LogP contribution >= 0.6 is 11.6 Å². The van der Waals surface area contributed by atoms with E-state index in [4.69, 9.17) is 11.6 Å². The third kappa shape index (κ3) is 1.94. The van der Waals surface area contributed by atoms with Gasteiger partial charge in [0, 0.05) is 38.6 Å². The fourth-order valence-corrected chi connectivity index (χ4v) is 2.20. The number of aromatic nitrogens is 2. The molecule has 2 aromatic rings. The Kier molecular flexibility index (Phi) is 2.69. The molecule has 3 rings (SSSR count). The van der Waals surface area contributed by atoms with Crippen LogP contribution in [0.2, 0.25) is 5.15 Å². The van der Waals surface area contributed by atoms with Crippen molar-refractivity contribution in [2.75, 3.05) is 20.6 Å². The summed E-state index contributed by atoms with van der Waals surface area (Å²) >= 11 is 5.91. The summed E-state index contributed by atoms with van der Waals surface area (Å²) in [6.45, 7) is 0.879. The van der Waals surface area contributed by atoms with E-state index in [1.165, 1.54) is 5.57 Å². The second kappa shape index (κ2) is 4.23.